The molecule has 0 radical (unpaired) electrons. The summed E-state index contributed by atoms with van der Waals surface area (Å²) >= 11 is 0.939. The maximum atomic E-state index is 9.77. The van der Waals surface area contributed by atoms with Gasteiger partial charge in [-0.25, -0.2) is 19.5 Å². The normalized spacial score (nSPS) is 13.8. The summed E-state index contributed by atoms with van der Waals surface area (Å²) in [5, 5.41) is 19.4. The predicted molar refractivity (Wildman–Crippen MR) is 133 cm³/mol. The highest BCUT2D eigenvalue weighted by Gasteiger charge is 2.33. The highest BCUT2D eigenvalue weighted by molar-refractivity contribution is 8.11. The minimum Gasteiger partial charge on any atom is -0.372 e. The maximum absolute atomic E-state index is 9.77. The topological polar surface area (TPSA) is 106 Å². The van der Waals surface area contributed by atoms with Gasteiger partial charge in [0.2, 0.25) is 0 Å². The summed E-state index contributed by atoms with van der Waals surface area (Å²) in [4.78, 5) is 16.5. The van der Waals surface area contributed by atoms with Gasteiger partial charge in [-0.15, -0.1) is 0 Å². The van der Waals surface area contributed by atoms with Gasteiger partial charge in [-0.05, 0) is 57.5 Å². The van der Waals surface area contributed by atoms with E-state index in [0.717, 1.165) is 47.8 Å². The van der Waals surface area contributed by atoms with Crippen LogP contribution in [0.4, 0.5) is 11.4 Å². The van der Waals surface area contributed by atoms with Crippen LogP contribution in [0.2, 0.25) is 0 Å². The molecule has 0 fully saturated rings. The van der Waals surface area contributed by atoms with Gasteiger partial charge in [-0.3, -0.25) is 4.68 Å². The lowest BCUT2D eigenvalue weighted by Gasteiger charge is -2.21. The van der Waals surface area contributed by atoms with Crippen LogP contribution in [0, 0.1) is 25.2 Å². The van der Waals surface area contributed by atoms with E-state index >= 15 is 0 Å². The average Bonchev–Trinajstić information content (AvgIpc) is 3.46. The number of hydrogen-bond acceptors (Lipinski definition) is 9. The van der Waals surface area contributed by atoms with Crippen molar-refractivity contribution >= 4 is 34.2 Å². The molecule has 0 unspecified atom stereocenters. The molecule has 0 saturated carbocycles. The molecule has 0 bridgehead atoms. The van der Waals surface area contributed by atoms with Crippen molar-refractivity contribution < 1.29 is 9.22 Å². The molecular formula is C23H26N8O2S. The van der Waals surface area contributed by atoms with E-state index in [1.807, 2.05) is 33.0 Å². The molecule has 176 valence electrons. The van der Waals surface area contributed by atoms with Crippen molar-refractivity contribution in [1.82, 2.24) is 19.4 Å². The fourth-order valence-corrected chi connectivity index (χ4v) is 4.24. The second-order valence-electron chi connectivity index (χ2n) is 7.68. The lowest BCUT2D eigenvalue weighted by atomic mass is 10.1. The molecule has 1 aliphatic heterocycles. The summed E-state index contributed by atoms with van der Waals surface area (Å²) in [6.07, 6.45) is 0. The quantitative estimate of drug-likeness (QED) is 0.285. The molecule has 10 nitrogen and oxygen atoms in total. The number of nitriles is 1. The minimum absolute atomic E-state index is 0.231. The highest BCUT2D eigenvalue weighted by atomic mass is 32.2. The van der Waals surface area contributed by atoms with Crippen LogP contribution in [-0.4, -0.2) is 50.4 Å². The standard InChI is InChI=1S/C23H26N8O2S/c1-7-30(8-2)16-9-10-17(14(3)11-16)25-20-22-26-19(13-24)21(18-12-15(4)29(5)27-18)31(22)28-23(20)34-33-32-6/h9-12H,7-8H2,1-6H3/b25-20+. The molecule has 2 aromatic heterocycles. The van der Waals surface area contributed by atoms with Crippen molar-refractivity contribution in [2.75, 3.05) is 25.1 Å². The van der Waals surface area contributed by atoms with Gasteiger partial charge in [0.1, 0.15) is 23.2 Å². The predicted octanol–water partition coefficient (Wildman–Crippen LogP) is 4.14. The molecule has 34 heavy (non-hydrogen) atoms. The Labute approximate surface area is 202 Å². The number of aliphatic imine (C=N–C) groups is 1. The van der Waals surface area contributed by atoms with E-state index in [-0.39, 0.29) is 5.69 Å². The number of aryl methyl sites for hydroxylation is 3. The van der Waals surface area contributed by atoms with Gasteiger partial charge in [0, 0.05) is 31.5 Å². The molecule has 0 N–H and O–H groups in total. The Morgan fingerprint density at radius 3 is 2.56 bits per heavy atom. The lowest BCUT2D eigenvalue weighted by molar-refractivity contribution is -0.158. The summed E-state index contributed by atoms with van der Waals surface area (Å²) < 4.78 is 8.44. The minimum atomic E-state index is 0.231. The van der Waals surface area contributed by atoms with Crippen molar-refractivity contribution in [3.63, 3.8) is 0 Å². The van der Waals surface area contributed by atoms with E-state index < -0.39 is 0 Å². The zero-order chi connectivity index (χ0) is 24.4. The van der Waals surface area contributed by atoms with Crippen LogP contribution in [-0.2, 0) is 16.3 Å². The van der Waals surface area contributed by atoms with Crippen molar-refractivity contribution in [2.24, 2.45) is 17.1 Å². The van der Waals surface area contributed by atoms with E-state index in [1.54, 1.807) is 9.36 Å². The van der Waals surface area contributed by atoms with Gasteiger partial charge in [-0.1, -0.05) is 0 Å². The van der Waals surface area contributed by atoms with Crippen LogP contribution in [0.15, 0.2) is 34.4 Å². The van der Waals surface area contributed by atoms with Crippen LogP contribution in [0.25, 0.3) is 11.4 Å². The van der Waals surface area contributed by atoms with Gasteiger partial charge in [-0.2, -0.15) is 19.8 Å². The number of imidazole rings is 1. The fourth-order valence-electron chi connectivity index (χ4n) is 3.77. The molecule has 0 spiro atoms. The molecule has 0 atom stereocenters. The van der Waals surface area contributed by atoms with Gasteiger partial charge in [0.15, 0.2) is 16.6 Å². The molecule has 0 saturated heterocycles. The number of benzene rings is 1. The molecule has 4 rings (SSSR count). The van der Waals surface area contributed by atoms with Crippen molar-refractivity contribution in [1.29, 1.82) is 5.26 Å². The van der Waals surface area contributed by atoms with Crippen LogP contribution < -0.4 is 4.90 Å². The maximum Gasteiger partial charge on any atom is 0.184 e. The van der Waals surface area contributed by atoms with Gasteiger partial charge in [0.05, 0.1) is 24.8 Å². The van der Waals surface area contributed by atoms with Gasteiger partial charge >= 0.3 is 0 Å². The van der Waals surface area contributed by atoms with Crippen molar-refractivity contribution in [2.45, 2.75) is 27.7 Å². The summed E-state index contributed by atoms with van der Waals surface area (Å²) in [6, 6.07) is 10.2. The third-order valence-corrected chi connectivity index (χ3v) is 6.28. The smallest absolute Gasteiger partial charge is 0.184 e. The number of aromatic nitrogens is 4. The fraction of sp³-hybridized carbons (Fsp3) is 0.348. The number of rotatable bonds is 7. The second kappa shape index (κ2) is 9.80. The Bertz CT molecular complexity index is 1310. The first kappa shape index (κ1) is 23.7. The summed E-state index contributed by atoms with van der Waals surface area (Å²) in [5.74, 6) is 0.448. The van der Waals surface area contributed by atoms with Crippen molar-refractivity contribution in [3.8, 4) is 17.5 Å². The van der Waals surface area contributed by atoms with E-state index in [1.165, 1.54) is 7.11 Å². The third-order valence-electron chi connectivity index (χ3n) is 5.64. The second-order valence-corrected chi connectivity index (χ2v) is 8.37. The average molecular weight is 479 g/mol. The Morgan fingerprint density at radius 2 is 1.97 bits per heavy atom. The van der Waals surface area contributed by atoms with Gasteiger partial charge in [0.25, 0.3) is 0 Å². The van der Waals surface area contributed by atoms with Crippen LogP contribution in [0.1, 0.15) is 36.6 Å². The van der Waals surface area contributed by atoms with E-state index in [9.17, 15) is 5.26 Å². The van der Waals surface area contributed by atoms with Crippen molar-refractivity contribution in [3.05, 3.63) is 47.0 Å². The number of fused-ring (bicyclic) bond motifs is 1. The van der Waals surface area contributed by atoms with Crippen LogP contribution >= 0.6 is 12.0 Å². The lowest BCUT2D eigenvalue weighted by Crippen LogP contribution is -2.21. The summed E-state index contributed by atoms with van der Waals surface area (Å²) in [6.45, 7) is 10.1. The van der Waals surface area contributed by atoms with E-state index in [2.05, 4.69) is 52.1 Å². The van der Waals surface area contributed by atoms with E-state index in [4.69, 9.17) is 14.2 Å². The zero-order valence-corrected chi connectivity index (χ0v) is 20.8. The molecule has 1 aromatic carbocycles. The third kappa shape index (κ3) is 4.23. The first-order chi connectivity index (χ1) is 16.4. The van der Waals surface area contributed by atoms with Gasteiger partial charge < -0.3 is 4.90 Å². The molecule has 0 amide bonds. The zero-order valence-electron chi connectivity index (χ0n) is 20.0. The first-order valence-electron chi connectivity index (χ1n) is 10.9. The Hall–Kier alpha value is -3.46. The number of nitrogens with zero attached hydrogens (tertiary/aromatic N) is 8. The first-order valence-corrected chi connectivity index (χ1v) is 11.6. The largest absolute Gasteiger partial charge is 0.372 e. The molecular weight excluding hydrogens is 452 g/mol. The number of hydrogen-bond donors (Lipinski definition) is 0. The molecule has 3 aromatic rings. The Balaban J connectivity index is 1.84. The monoisotopic (exact) mass is 478 g/mol. The van der Waals surface area contributed by atoms with Crippen LogP contribution in [0.5, 0.6) is 0 Å². The molecule has 11 heteroatoms. The summed E-state index contributed by atoms with van der Waals surface area (Å²) in [7, 11) is 3.27. The number of anilines is 1. The molecule has 3 heterocycles. The Morgan fingerprint density at radius 1 is 1.21 bits per heavy atom. The molecule has 1 aliphatic rings. The SMILES string of the molecule is CCN(CC)c1ccc(/N=C2/C(SOOC)=Nn3c2nc(C#N)c3-c2cc(C)n(C)n2)c(C)c1. The van der Waals surface area contributed by atoms with Crippen LogP contribution in [0.3, 0.4) is 0 Å². The summed E-state index contributed by atoms with van der Waals surface area (Å²) in [5.41, 5.74) is 5.73. The molecule has 0 aliphatic carbocycles. The van der Waals surface area contributed by atoms with E-state index in [0.29, 0.717) is 28.0 Å². The Kier molecular flexibility index (Phi) is 6.83. The highest BCUT2D eigenvalue weighted by Crippen LogP contribution is 2.32.